The predicted molar refractivity (Wildman–Crippen MR) is 103 cm³/mol. The molecule has 142 valence electrons. The number of piperidine rings is 1. The lowest BCUT2D eigenvalue weighted by molar-refractivity contribution is -0.149. The molecule has 3 rings (SSSR count). The van der Waals surface area contributed by atoms with Crippen molar-refractivity contribution < 1.29 is 19.8 Å². The number of carboxylic acid groups (broad SMARTS) is 2. The van der Waals surface area contributed by atoms with Crippen LogP contribution in [0.5, 0.6) is 0 Å². The van der Waals surface area contributed by atoms with Crippen molar-refractivity contribution in [2.75, 3.05) is 6.54 Å². The van der Waals surface area contributed by atoms with E-state index in [2.05, 4.69) is 4.90 Å². The Balaban J connectivity index is 1.88. The number of aliphatic carboxylic acids is 2. The molecule has 2 atom stereocenters. The van der Waals surface area contributed by atoms with E-state index in [4.69, 9.17) is 11.6 Å². The fraction of sp³-hybridized carbons (Fsp3) is 0.333. The maximum Gasteiger partial charge on any atom is 0.314 e. The number of carbonyl (C=O) groups is 2. The van der Waals surface area contributed by atoms with Crippen molar-refractivity contribution in [1.29, 1.82) is 0 Å². The van der Waals surface area contributed by atoms with Gasteiger partial charge in [-0.25, -0.2) is 0 Å². The second kappa shape index (κ2) is 8.11. The average molecular weight is 388 g/mol. The Morgan fingerprint density at radius 1 is 1.07 bits per heavy atom. The van der Waals surface area contributed by atoms with E-state index in [0.717, 1.165) is 11.1 Å². The highest BCUT2D eigenvalue weighted by Crippen LogP contribution is 2.40. The second-order valence-corrected chi connectivity index (χ2v) is 7.49. The van der Waals surface area contributed by atoms with Crippen LogP contribution in [0.3, 0.4) is 0 Å². The number of carboxylic acids is 2. The molecule has 0 radical (unpaired) electrons. The van der Waals surface area contributed by atoms with E-state index in [1.54, 1.807) is 12.1 Å². The monoisotopic (exact) mass is 387 g/mol. The lowest BCUT2D eigenvalue weighted by atomic mass is 9.69. The molecule has 0 bridgehead atoms. The van der Waals surface area contributed by atoms with Crippen LogP contribution in [0.2, 0.25) is 5.02 Å². The molecule has 1 saturated heterocycles. The molecule has 1 aliphatic rings. The van der Waals surface area contributed by atoms with Crippen LogP contribution >= 0.6 is 11.6 Å². The van der Waals surface area contributed by atoms with E-state index >= 15 is 0 Å². The van der Waals surface area contributed by atoms with Gasteiger partial charge in [-0.3, -0.25) is 14.5 Å². The van der Waals surface area contributed by atoms with Gasteiger partial charge in [0.15, 0.2) is 0 Å². The Labute approximate surface area is 163 Å². The molecule has 0 aliphatic carbocycles. The predicted octanol–water partition coefficient (Wildman–Crippen LogP) is 3.80. The van der Waals surface area contributed by atoms with Crippen molar-refractivity contribution >= 4 is 23.5 Å². The maximum atomic E-state index is 12.2. The first-order valence-corrected chi connectivity index (χ1v) is 9.28. The summed E-state index contributed by atoms with van der Waals surface area (Å²) in [5, 5.41) is 20.0. The van der Waals surface area contributed by atoms with Gasteiger partial charge < -0.3 is 10.2 Å². The minimum atomic E-state index is -1.06. The van der Waals surface area contributed by atoms with Gasteiger partial charge in [0.25, 0.3) is 0 Å². The van der Waals surface area contributed by atoms with Gasteiger partial charge in [0.1, 0.15) is 0 Å². The number of benzene rings is 2. The Bertz CT molecular complexity index is 809. The van der Waals surface area contributed by atoms with Gasteiger partial charge in [-0.2, -0.15) is 0 Å². The Kier molecular flexibility index (Phi) is 5.82. The fourth-order valence-corrected chi connectivity index (χ4v) is 4.05. The molecule has 0 saturated carbocycles. The highest BCUT2D eigenvalue weighted by Gasteiger charge is 2.47. The lowest BCUT2D eigenvalue weighted by Gasteiger charge is -2.44. The summed E-state index contributed by atoms with van der Waals surface area (Å²) in [6.07, 6.45) is 0.623. The molecular weight excluding hydrogens is 366 g/mol. The zero-order chi connectivity index (χ0) is 19.4. The summed E-state index contributed by atoms with van der Waals surface area (Å²) >= 11 is 5.94. The Morgan fingerprint density at radius 2 is 1.74 bits per heavy atom. The summed E-state index contributed by atoms with van der Waals surface area (Å²) in [6.45, 7) is 1.08. The van der Waals surface area contributed by atoms with Crippen molar-refractivity contribution in [3.05, 3.63) is 70.7 Å². The zero-order valence-electron chi connectivity index (χ0n) is 14.8. The van der Waals surface area contributed by atoms with Crippen LogP contribution in [-0.4, -0.2) is 39.6 Å². The molecular formula is C21H22ClNO4. The van der Waals surface area contributed by atoms with Crippen LogP contribution < -0.4 is 0 Å². The van der Waals surface area contributed by atoms with E-state index in [-0.39, 0.29) is 18.9 Å². The molecule has 0 spiro atoms. The normalized spacial score (nSPS) is 23.1. The smallest absolute Gasteiger partial charge is 0.314 e. The molecule has 0 aromatic heterocycles. The minimum Gasteiger partial charge on any atom is -0.481 e. The summed E-state index contributed by atoms with van der Waals surface area (Å²) < 4.78 is 0. The number of halogens is 1. The van der Waals surface area contributed by atoms with Gasteiger partial charge >= 0.3 is 11.9 Å². The molecule has 2 aromatic carbocycles. The fourth-order valence-electron chi connectivity index (χ4n) is 3.92. The molecule has 6 heteroatoms. The minimum absolute atomic E-state index is 0.0878. The number of nitrogens with zero attached hydrogens (tertiary/aromatic N) is 1. The average Bonchev–Trinajstić information content (AvgIpc) is 2.65. The van der Waals surface area contributed by atoms with Crippen molar-refractivity contribution in [2.24, 2.45) is 0 Å². The lowest BCUT2D eigenvalue weighted by Crippen LogP contribution is -2.52. The first-order chi connectivity index (χ1) is 12.9. The quantitative estimate of drug-likeness (QED) is 0.788. The molecule has 2 N–H and O–H groups in total. The van der Waals surface area contributed by atoms with Gasteiger partial charge in [-0.05, 0) is 36.1 Å². The van der Waals surface area contributed by atoms with E-state index < -0.39 is 17.4 Å². The molecule has 1 aliphatic heterocycles. The second-order valence-electron chi connectivity index (χ2n) is 7.06. The Morgan fingerprint density at radius 3 is 2.33 bits per heavy atom. The van der Waals surface area contributed by atoms with Crippen LogP contribution in [0.25, 0.3) is 0 Å². The van der Waals surface area contributed by atoms with Gasteiger partial charge in [0, 0.05) is 24.2 Å². The summed E-state index contributed by atoms with van der Waals surface area (Å²) in [5.41, 5.74) is 0.703. The molecule has 1 fully saturated rings. The van der Waals surface area contributed by atoms with Crippen molar-refractivity contribution in [2.45, 2.75) is 37.3 Å². The maximum absolute atomic E-state index is 12.2. The standard InChI is InChI=1S/C21H22ClNO4/c22-17-8-6-15(7-9-17)14-23-11-10-21(20(26)27,13-18(23)12-19(24)25)16-4-2-1-3-5-16/h1-9,18H,10-14H2,(H,24,25)(H,26,27)/t18-,21+/m0/s1. The van der Waals surface area contributed by atoms with E-state index in [9.17, 15) is 19.8 Å². The van der Waals surface area contributed by atoms with Crippen molar-refractivity contribution in [1.82, 2.24) is 4.90 Å². The van der Waals surface area contributed by atoms with Crippen LogP contribution in [0.15, 0.2) is 54.6 Å². The molecule has 0 unspecified atom stereocenters. The largest absolute Gasteiger partial charge is 0.481 e. The zero-order valence-corrected chi connectivity index (χ0v) is 15.6. The van der Waals surface area contributed by atoms with Crippen LogP contribution in [0, 0.1) is 0 Å². The third-order valence-corrected chi connectivity index (χ3v) is 5.62. The highest BCUT2D eigenvalue weighted by atomic mass is 35.5. The first-order valence-electron chi connectivity index (χ1n) is 8.90. The van der Waals surface area contributed by atoms with E-state index in [1.165, 1.54) is 0 Å². The van der Waals surface area contributed by atoms with Gasteiger partial charge in [-0.1, -0.05) is 54.1 Å². The summed E-state index contributed by atoms with van der Waals surface area (Å²) in [7, 11) is 0. The Hall–Kier alpha value is -2.37. The van der Waals surface area contributed by atoms with Crippen molar-refractivity contribution in [3.63, 3.8) is 0 Å². The number of hydrogen-bond acceptors (Lipinski definition) is 3. The van der Waals surface area contributed by atoms with Crippen LogP contribution in [0.1, 0.15) is 30.4 Å². The van der Waals surface area contributed by atoms with Crippen molar-refractivity contribution in [3.8, 4) is 0 Å². The first kappa shape index (κ1) is 19.4. The molecule has 0 amide bonds. The molecule has 27 heavy (non-hydrogen) atoms. The SMILES string of the molecule is O=C(O)C[C@H]1C[C@@](C(=O)O)(c2ccccc2)CCN1Cc1ccc(Cl)cc1. The van der Waals surface area contributed by atoms with E-state index in [1.807, 2.05) is 42.5 Å². The summed E-state index contributed by atoms with van der Waals surface area (Å²) in [6, 6.07) is 16.2. The van der Waals surface area contributed by atoms with Crippen LogP contribution in [-0.2, 0) is 21.5 Å². The third-order valence-electron chi connectivity index (χ3n) is 5.37. The summed E-state index contributed by atoms with van der Waals surface area (Å²) in [4.78, 5) is 25.7. The van der Waals surface area contributed by atoms with E-state index in [0.29, 0.717) is 24.5 Å². The molecule has 1 heterocycles. The van der Waals surface area contributed by atoms with Crippen LogP contribution in [0.4, 0.5) is 0 Å². The van der Waals surface area contributed by atoms with Gasteiger partial charge in [-0.15, -0.1) is 0 Å². The third kappa shape index (κ3) is 4.31. The highest BCUT2D eigenvalue weighted by molar-refractivity contribution is 6.30. The summed E-state index contributed by atoms with van der Waals surface area (Å²) in [5.74, 6) is -1.81. The number of hydrogen-bond donors (Lipinski definition) is 2. The number of rotatable bonds is 6. The topological polar surface area (TPSA) is 77.8 Å². The molecule has 2 aromatic rings. The van der Waals surface area contributed by atoms with Gasteiger partial charge in [0.2, 0.25) is 0 Å². The molecule has 5 nitrogen and oxygen atoms in total. The van der Waals surface area contributed by atoms with Gasteiger partial charge in [0.05, 0.1) is 11.8 Å². The number of likely N-dealkylation sites (tertiary alicyclic amines) is 1.